The molecule has 1 unspecified atom stereocenters. The fourth-order valence-electron chi connectivity index (χ4n) is 0.968. The summed E-state index contributed by atoms with van der Waals surface area (Å²) in [5.74, 6) is 0.00486. The second-order valence-electron chi connectivity index (χ2n) is 3.60. The van der Waals surface area contributed by atoms with E-state index in [1.165, 1.54) is 0 Å². The molecule has 13 heavy (non-hydrogen) atoms. The molecule has 3 N–H and O–H groups in total. The lowest BCUT2D eigenvalue weighted by molar-refractivity contribution is -0.135. The van der Waals surface area contributed by atoms with Crippen LogP contribution < -0.4 is 11.1 Å². The smallest absolute Gasteiger partial charge is 0.242 e. The summed E-state index contributed by atoms with van der Waals surface area (Å²) in [4.78, 5) is 13.3. The summed E-state index contributed by atoms with van der Waals surface area (Å²) < 4.78 is 0. The van der Waals surface area contributed by atoms with E-state index in [4.69, 9.17) is 5.73 Å². The van der Waals surface area contributed by atoms with Gasteiger partial charge in [0.25, 0.3) is 0 Å². The van der Waals surface area contributed by atoms with Gasteiger partial charge in [0.1, 0.15) is 0 Å². The molecule has 4 heteroatoms. The van der Waals surface area contributed by atoms with Crippen molar-refractivity contribution in [1.82, 2.24) is 10.2 Å². The molecule has 0 bridgehead atoms. The monoisotopic (exact) mass is 187 g/mol. The number of nitrogens with two attached hydrogens (primary N) is 1. The molecule has 0 heterocycles. The van der Waals surface area contributed by atoms with Gasteiger partial charge in [-0.1, -0.05) is 6.92 Å². The molecular formula is C9H21N3O. The Labute approximate surface area is 80.5 Å². The Kier molecular flexibility index (Phi) is 4.95. The van der Waals surface area contributed by atoms with Crippen molar-refractivity contribution in [1.29, 1.82) is 0 Å². The third-order valence-corrected chi connectivity index (χ3v) is 2.27. The van der Waals surface area contributed by atoms with Crippen molar-refractivity contribution in [3.05, 3.63) is 0 Å². The van der Waals surface area contributed by atoms with Crippen molar-refractivity contribution in [2.75, 3.05) is 27.2 Å². The Morgan fingerprint density at radius 3 is 2.54 bits per heavy atom. The third-order valence-electron chi connectivity index (χ3n) is 2.27. The SMILES string of the molecule is CCC(C)(N)C(=O)N(C)CCNC. The van der Waals surface area contributed by atoms with E-state index in [1.54, 1.807) is 18.9 Å². The highest BCUT2D eigenvalue weighted by Crippen LogP contribution is 2.07. The minimum absolute atomic E-state index is 0.00486. The maximum atomic E-state index is 11.7. The minimum atomic E-state index is -0.720. The number of carbonyl (C=O) groups excluding carboxylic acids is 1. The lowest BCUT2D eigenvalue weighted by Gasteiger charge is -2.28. The number of amides is 1. The normalized spacial score (nSPS) is 15.2. The van der Waals surface area contributed by atoms with Crippen molar-refractivity contribution in [3.8, 4) is 0 Å². The van der Waals surface area contributed by atoms with Crippen LogP contribution in [0.1, 0.15) is 20.3 Å². The van der Waals surface area contributed by atoms with Crippen LogP contribution in [-0.2, 0) is 4.79 Å². The van der Waals surface area contributed by atoms with Gasteiger partial charge in [0.2, 0.25) is 5.91 Å². The molecule has 1 amide bonds. The molecule has 0 saturated heterocycles. The molecule has 0 fully saturated rings. The minimum Gasteiger partial charge on any atom is -0.343 e. The number of rotatable bonds is 5. The summed E-state index contributed by atoms with van der Waals surface area (Å²) >= 11 is 0. The summed E-state index contributed by atoms with van der Waals surface area (Å²) in [7, 11) is 3.64. The van der Waals surface area contributed by atoms with Gasteiger partial charge >= 0.3 is 0 Å². The molecule has 0 aliphatic heterocycles. The van der Waals surface area contributed by atoms with Crippen LogP contribution in [0.25, 0.3) is 0 Å². The average molecular weight is 187 g/mol. The zero-order valence-electron chi connectivity index (χ0n) is 9.05. The Hall–Kier alpha value is -0.610. The number of hydrogen-bond donors (Lipinski definition) is 2. The predicted molar refractivity (Wildman–Crippen MR) is 54.4 cm³/mol. The van der Waals surface area contributed by atoms with Crippen LogP contribution in [0, 0.1) is 0 Å². The Morgan fingerprint density at radius 1 is 1.62 bits per heavy atom. The number of carbonyl (C=O) groups is 1. The molecule has 0 aromatic rings. The van der Waals surface area contributed by atoms with Gasteiger partial charge in [-0.2, -0.15) is 0 Å². The summed E-state index contributed by atoms with van der Waals surface area (Å²) in [6, 6.07) is 0. The number of nitrogens with one attached hydrogen (secondary N) is 1. The molecule has 0 aliphatic carbocycles. The fraction of sp³-hybridized carbons (Fsp3) is 0.889. The van der Waals surface area contributed by atoms with Crippen LogP contribution in [0.5, 0.6) is 0 Å². The summed E-state index contributed by atoms with van der Waals surface area (Å²) in [6.45, 7) is 5.18. The zero-order valence-corrected chi connectivity index (χ0v) is 9.05. The van der Waals surface area contributed by atoms with E-state index in [9.17, 15) is 4.79 Å². The fourth-order valence-corrected chi connectivity index (χ4v) is 0.968. The molecule has 0 aromatic carbocycles. The first kappa shape index (κ1) is 12.4. The molecule has 4 nitrogen and oxygen atoms in total. The first-order valence-corrected chi connectivity index (χ1v) is 4.64. The zero-order chi connectivity index (χ0) is 10.5. The van der Waals surface area contributed by atoms with E-state index in [2.05, 4.69) is 5.32 Å². The lowest BCUT2D eigenvalue weighted by atomic mass is 9.99. The molecule has 0 spiro atoms. The van der Waals surface area contributed by atoms with Crippen LogP contribution in [-0.4, -0.2) is 43.5 Å². The number of hydrogen-bond acceptors (Lipinski definition) is 3. The van der Waals surface area contributed by atoms with Crippen molar-refractivity contribution >= 4 is 5.91 Å². The average Bonchev–Trinajstić information content (AvgIpc) is 2.12. The van der Waals surface area contributed by atoms with Gasteiger partial charge in [0, 0.05) is 20.1 Å². The molecular weight excluding hydrogens is 166 g/mol. The summed E-state index contributed by atoms with van der Waals surface area (Å²) in [5, 5.41) is 2.99. The Balaban J connectivity index is 4.09. The van der Waals surface area contributed by atoms with Crippen LogP contribution in [0.4, 0.5) is 0 Å². The highest BCUT2D eigenvalue weighted by atomic mass is 16.2. The molecule has 0 aliphatic rings. The Bertz CT molecular complexity index is 168. The summed E-state index contributed by atoms with van der Waals surface area (Å²) in [5.41, 5.74) is 5.10. The van der Waals surface area contributed by atoms with E-state index in [0.717, 1.165) is 6.54 Å². The van der Waals surface area contributed by atoms with Gasteiger partial charge in [-0.3, -0.25) is 4.79 Å². The third kappa shape index (κ3) is 3.74. The lowest BCUT2D eigenvalue weighted by Crippen LogP contribution is -2.52. The van der Waals surface area contributed by atoms with Crippen molar-refractivity contribution in [2.45, 2.75) is 25.8 Å². The topological polar surface area (TPSA) is 58.4 Å². The Morgan fingerprint density at radius 2 is 2.15 bits per heavy atom. The van der Waals surface area contributed by atoms with Crippen LogP contribution in [0.2, 0.25) is 0 Å². The molecule has 0 radical (unpaired) electrons. The predicted octanol–water partition coefficient (Wildman–Crippen LogP) is -0.208. The van der Waals surface area contributed by atoms with Gasteiger partial charge in [0.15, 0.2) is 0 Å². The number of likely N-dealkylation sites (N-methyl/N-ethyl adjacent to an activating group) is 2. The van der Waals surface area contributed by atoms with Crippen molar-refractivity contribution in [2.24, 2.45) is 5.73 Å². The molecule has 0 saturated carbocycles. The van der Waals surface area contributed by atoms with Crippen LogP contribution in [0.3, 0.4) is 0 Å². The molecule has 1 atom stereocenters. The van der Waals surface area contributed by atoms with E-state index in [-0.39, 0.29) is 5.91 Å². The van der Waals surface area contributed by atoms with Crippen LogP contribution >= 0.6 is 0 Å². The quantitative estimate of drug-likeness (QED) is 0.626. The van der Waals surface area contributed by atoms with Crippen molar-refractivity contribution in [3.63, 3.8) is 0 Å². The van der Waals surface area contributed by atoms with Gasteiger partial charge < -0.3 is 16.0 Å². The van der Waals surface area contributed by atoms with E-state index >= 15 is 0 Å². The molecule has 78 valence electrons. The van der Waals surface area contributed by atoms with E-state index < -0.39 is 5.54 Å². The largest absolute Gasteiger partial charge is 0.343 e. The first-order chi connectivity index (χ1) is 5.95. The van der Waals surface area contributed by atoms with Crippen LogP contribution in [0.15, 0.2) is 0 Å². The van der Waals surface area contributed by atoms with Gasteiger partial charge in [0.05, 0.1) is 5.54 Å². The first-order valence-electron chi connectivity index (χ1n) is 4.64. The molecule has 0 rings (SSSR count). The van der Waals surface area contributed by atoms with E-state index in [0.29, 0.717) is 13.0 Å². The highest BCUT2D eigenvalue weighted by Gasteiger charge is 2.28. The van der Waals surface area contributed by atoms with E-state index in [1.807, 2.05) is 14.0 Å². The maximum absolute atomic E-state index is 11.7. The number of nitrogens with zero attached hydrogens (tertiary/aromatic N) is 1. The van der Waals surface area contributed by atoms with Gasteiger partial charge in [-0.15, -0.1) is 0 Å². The summed E-state index contributed by atoms with van der Waals surface area (Å²) in [6.07, 6.45) is 0.662. The second kappa shape index (κ2) is 5.19. The second-order valence-corrected chi connectivity index (χ2v) is 3.60. The standard InChI is InChI=1S/C9H21N3O/c1-5-9(2,10)8(13)12(4)7-6-11-3/h11H,5-7,10H2,1-4H3. The maximum Gasteiger partial charge on any atom is 0.242 e. The molecule has 0 aromatic heterocycles. The highest BCUT2D eigenvalue weighted by molar-refractivity contribution is 5.85. The van der Waals surface area contributed by atoms with Gasteiger partial charge in [-0.05, 0) is 20.4 Å². The van der Waals surface area contributed by atoms with Gasteiger partial charge in [-0.25, -0.2) is 0 Å². The van der Waals surface area contributed by atoms with Crippen molar-refractivity contribution < 1.29 is 4.79 Å².